The van der Waals surface area contributed by atoms with Gasteiger partial charge in [0.25, 0.3) is 10.0 Å². The Morgan fingerprint density at radius 1 is 1.00 bits per heavy atom. The minimum Gasteiger partial charge on any atom is -0.464 e. The van der Waals surface area contributed by atoms with Gasteiger partial charge in [-0.25, -0.2) is 8.42 Å². The van der Waals surface area contributed by atoms with Gasteiger partial charge in [0.15, 0.2) is 0 Å². The molecule has 3 aromatic carbocycles. The van der Waals surface area contributed by atoms with Gasteiger partial charge in [0.2, 0.25) is 0 Å². The first-order chi connectivity index (χ1) is 14.7. The Morgan fingerprint density at radius 3 is 2.35 bits per heavy atom. The number of nitrogen functional groups attached to an aromatic ring is 1. The van der Waals surface area contributed by atoms with Crippen LogP contribution in [-0.2, 0) is 19.6 Å². The maximum Gasteiger partial charge on any atom is 0.326 e. The lowest BCUT2D eigenvalue weighted by Gasteiger charge is -2.24. The minimum absolute atomic E-state index is 0.126. The van der Waals surface area contributed by atoms with Gasteiger partial charge < -0.3 is 10.5 Å². The molecule has 0 aliphatic carbocycles. The number of nitrogens with two attached hydrogens (primary N) is 1. The van der Waals surface area contributed by atoms with Crippen molar-refractivity contribution in [2.24, 2.45) is 0 Å². The molecule has 0 unspecified atom stereocenters. The van der Waals surface area contributed by atoms with E-state index in [1.54, 1.807) is 30.3 Å². The Morgan fingerprint density at radius 2 is 1.68 bits per heavy atom. The second kappa shape index (κ2) is 9.77. The molecule has 3 rings (SSSR count). The fourth-order valence-electron chi connectivity index (χ4n) is 3.02. The predicted molar refractivity (Wildman–Crippen MR) is 125 cm³/mol. The van der Waals surface area contributed by atoms with Gasteiger partial charge in [-0.2, -0.15) is 0 Å². The topological polar surface area (TPSA) is 89.7 Å². The van der Waals surface area contributed by atoms with Gasteiger partial charge in [-0.05, 0) is 59.7 Å². The molecule has 164 valence electrons. The van der Waals surface area contributed by atoms with Gasteiger partial charge in [-0.1, -0.05) is 48.7 Å². The number of sulfonamides is 1. The lowest BCUT2D eigenvalue weighted by Crippen LogP contribution is -2.36. The Kier molecular flexibility index (Phi) is 7.30. The van der Waals surface area contributed by atoms with Crippen molar-refractivity contribution in [3.8, 4) is 0 Å². The number of halogens is 2. The Bertz CT molecular complexity index is 1200. The van der Waals surface area contributed by atoms with Crippen LogP contribution in [0.25, 0.3) is 10.8 Å². The molecule has 0 radical (unpaired) electrons. The van der Waals surface area contributed by atoms with Crippen LogP contribution >= 0.6 is 23.2 Å². The maximum absolute atomic E-state index is 13.5. The molecule has 0 fully saturated rings. The van der Waals surface area contributed by atoms with E-state index < -0.39 is 22.5 Å². The smallest absolute Gasteiger partial charge is 0.326 e. The number of ether oxygens (including phenoxy) is 1. The third kappa shape index (κ3) is 5.61. The van der Waals surface area contributed by atoms with Crippen molar-refractivity contribution in [1.82, 2.24) is 0 Å². The highest BCUT2D eigenvalue weighted by Crippen LogP contribution is 2.30. The summed E-state index contributed by atoms with van der Waals surface area (Å²) in [5.41, 5.74) is 6.71. The van der Waals surface area contributed by atoms with Crippen molar-refractivity contribution >= 4 is 61.3 Å². The number of nitrogens with zero attached hydrogens (tertiary/aromatic N) is 1. The standard InChI is InChI=1S/C22H22Cl2N2O4S/c1-2-3-8-30-22(27)14-26(31(28,29)21-12-17(23)11-18(24)13-21)20-7-5-15-4-6-19(25)9-16(15)10-20/h4-7,9-13H,2-3,8,14,25H2,1H3. The first kappa shape index (κ1) is 23.2. The Labute approximate surface area is 191 Å². The van der Waals surface area contributed by atoms with Gasteiger partial charge in [0, 0.05) is 15.7 Å². The lowest BCUT2D eigenvalue weighted by molar-refractivity contribution is -0.141. The number of rotatable bonds is 8. The number of hydrogen-bond donors (Lipinski definition) is 1. The molecule has 0 atom stereocenters. The number of anilines is 2. The Balaban J connectivity index is 2.07. The van der Waals surface area contributed by atoms with Crippen molar-refractivity contribution in [2.75, 3.05) is 23.2 Å². The minimum atomic E-state index is -4.17. The fourth-order valence-corrected chi connectivity index (χ4v) is 5.15. The molecule has 3 aromatic rings. The zero-order chi connectivity index (χ0) is 22.6. The second-order valence-electron chi connectivity index (χ2n) is 6.98. The summed E-state index contributed by atoms with van der Waals surface area (Å²) in [6.07, 6.45) is 1.54. The van der Waals surface area contributed by atoms with Gasteiger partial charge >= 0.3 is 5.97 Å². The molecule has 6 nitrogen and oxygen atoms in total. The zero-order valence-electron chi connectivity index (χ0n) is 16.8. The van der Waals surface area contributed by atoms with Crippen molar-refractivity contribution < 1.29 is 17.9 Å². The fraction of sp³-hybridized carbons (Fsp3) is 0.227. The number of carbonyl (C=O) groups excluding carboxylic acids is 1. The zero-order valence-corrected chi connectivity index (χ0v) is 19.2. The first-order valence-corrected chi connectivity index (χ1v) is 11.8. The highest BCUT2D eigenvalue weighted by Gasteiger charge is 2.28. The first-order valence-electron chi connectivity index (χ1n) is 9.64. The molecule has 9 heteroatoms. The average molecular weight is 481 g/mol. The molecule has 2 N–H and O–H groups in total. The highest BCUT2D eigenvalue weighted by atomic mass is 35.5. The van der Waals surface area contributed by atoms with Crippen LogP contribution in [0.4, 0.5) is 11.4 Å². The SMILES string of the molecule is CCCCOC(=O)CN(c1ccc2ccc(N)cc2c1)S(=O)(=O)c1cc(Cl)cc(Cl)c1. The predicted octanol–water partition coefficient (Wildman–Crippen LogP) is 5.27. The van der Waals surface area contributed by atoms with E-state index in [2.05, 4.69) is 0 Å². The van der Waals surface area contributed by atoms with E-state index in [0.29, 0.717) is 17.8 Å². The summed E-state index contributed by atoms with van der Waals surface area (Å²) in [7, 11) is -4.17. The molecule has 0 aliphatic rings. The van der Waals surface area contributed by atoms with Gasteiger partial charge in [-0.15, -0.1) is 0 Å². The van der Waals surface area contributed by atoms with Crippen molar-refractivity contribution in [1.29, 1.82) is 0 Å². The van der Waals surface area contributed by atoms with Crippen LogP contribution < -0.4 is 10.0 Å². The summed E-state index contributed by atoms with van der Waals surface area (Å²) in [6.45, 7) is 1.69. The third-order valence-corrected chi connectivity index (χ3v) is 6.78. The number of fused-ring (bicyclic) bond motifs is 1. The Hall–Kier alpha value is -2.48. The lowest BCUT2D eigenvalue weighted by atomic mass is 10.1. The molecule has 31 heavy (non-hydrogen) atoms. The summed E-state index contributed by atoms with van der Waals surface area (Å²) < 4.78 is 33.2. The van der Waals surface area contributed by atoms with E-state index in [-0.39, 0.29) is 21.5 Å². The van der Waals surface area contributed by atoms with Gasteiger partial charge in [0.1, 0.15) is 6.54 Å². The third-order valence-electron chi connectivity index (χ3n) is 4.59. The van der Waals surface area contributed by atoms with E-state index in [4.69, 9.17) is 33.7 Å². The molecule has 0 amide bonds. The van der Waals surface area contributed by atoms with Crippen LogP contribution in [0.15, 0.2) is 59.5 Å². The normalized spacial score (nSPS) is 11.5. The summed E-state index contributed by atoms with van der Waals surface area (Å²) in [6, 6.07) is 14.4. The quantitative estimate of drug-likeness (QED) is 0.269. The monoisotopic (exact) mass is 480 g/mol. The summed E-state index contributed by atoms with van der Waals surface area (Å²) >= 11 is 12.0. The van der Waals surface area contributed by atoms with E-state index in [9.17, 15) is 13.2 Å². The maximum atomic E-state index is 13.5. The van der Waals surface area contributed by atoms with Gasteiger partial charge in [0.05, 0.1) is 17.2 Å². The number of hydrogen-bond acceptors (Lipinski definition) is 5. The molecule has 0 heterocycles. The molecule has 0 saturated heterocycles. The molecule has 0 aliphatic heterocycles. The van der Waals surface area contributed by atoms with Crippen LogP contribution in [0.5, 0.6) is 0 Å². The molecule has 0 aromatic heterocycles. The molecule has 0 spiro atoms. The molecular weight excluding hydrogens is 459 g/mol. The van der Waals surface area contributed by atoms with Crippen molar-refractivity contribution in [3.05, 3.63) is 64.6 Å². The van der Waals surface area contributed by atoms with Crippen LogP contribution in [0.2, 0.25) is 10.0 Å². The molecular formula is C22H22Cl2N2O4S. The number of benzene rings is 3. The number of unbranched alkanes of at least 4 members (excludes halogenated alkanes) is 1. The number of esters is 1. The number of carbonyl (C=O) groups is 1. The molecule has 0 bridgehead atoms. The average Bonchev–Trinajstić information content (AvgIpc) is 2.71. The molecule has 0 saturated carbocycles. The second-order valence-corrected chi connectivity index (χ2v) is 9.72. The van der Waals surface area contributed by atoms with Crippen LogP contribution in [0.3, 0.4) is 0 Å². The highest BCUT2D eigenvalue weighted by molar-refractivity contribution is 7.92. The van der Waals surface area contributed by atoms with E-state index >= 15 is 0 Å². The summed E-state index contributed by atoms with van der Waals surface area (Å²) in [5.74, 6) is -0.655. The summed E-state index contributed by atoms with van der Waals surface area (Å²) in [5, 5.41) is 1.96. The van der Waals surface area contributed by atoms with E-state index in [0.717, 1.165) is 21.5 Å². The van der Waals surface area contributed by atoms with Crippen LogP contribution in [-0.4, -0.2) is 27.5 Å². The van der Waals surface area contributed by atoms with E-state index in [1.807, 2.05) is 13.0 Å². The van der Waals surface area contributed by atoms with Crippen LogP contribution in [0, 0.1) is 0 Å². The van der Waals surface area contributed by atoms with Crippen molar-refractivity contribution in [2.45, 2.75) is 24.7 Å². The van der Waals surface area contributed by atoms with Gasteiger partial charge in [-0.3, -0.25) is 9.10 Å². The van der Waals surface area contributed by atoms with Crippen molar-refractivity contribution in [3.63, 3.8) is 0 Å². The largest absolute Gasteiger partial charge is 0.464 e. The van der Waals surface area contributed by atoms with Crippen LogP contribution in [0.1, 0.15) is 19.8 Å². The van der Waals surface area contributed by atoms with E-state index in [1.165, 1.54) is 18.2 Å². The summed E-state index contributed by atoms with van der Waals surface area (Å²) in [4.78, 5) is 12.3.